The average Bonchev–Trinajstić information content (AvgIpc) is 2.43. The largest absolute Gasteiger partial charge is 0.301 e. The lowest BCUT2D eigenvalue weighted by atomic mass is 10.2. The molecule has 0 unspecified atom stereocenters. The zero-order valence-electron chi connectivity index (χ0n) is 12.2. The van der Waals surface area contributed by atoms with Gasteiger partial charge in [0.25, 0.3) is 5.56 Å². The molecule has 2 heterocycles. The van der Waals surface area contributed by atoms with Crippen LogP contribution in [0.1, 0.15) is 37.4 Å². The van der Waals surface area contributed by atoms with Gasteiger partial charge in [-0.05, 0) is 25.1 Å². The van der Waals surface area contributed by atoms with Crippen molar-refractivity contribution in [1.29, 1.82) is 0 Å². The van der Waals surface area contributed by atoms with Crippen molar-refractivity contribution in [2.75, 3.05) is 0 Å². The molecule has 0 fully saturated rings. The minimum absolute atomic E-state index is 0.149. The van der Waals surface area contributed by atoms with Gasteiger partial charge in [0, 0.05) is 23.7 Å². The minimum Gasteiger partial charge on any atom is -0.301 e. The molecule has 5 nitrogen and oxygen atoms in total. The first-order valence-corrected chi connectivity index (χ1v) is 8.04. The van der Waals surface area contributed by atoms with E-state index in [0.717, 1.165) is 29.1 Å². The first kappa shape index (κ1) is 16.0. The molecule has 0 atom stereocenters. The van der Waals surface area contributed by atoms with Crippen LogP contribution in [0, 0.1) is 6.92 Å². The number of rotatable bonds is 5. The zero-order chi connectivity index (χ0) is 15.4. The third-order valence-corrected chi connectivity index (χ3v) is 4.22. The summed E-state index contributed by atoms with van der Waals surface area (Å²) < 4.78 is 0. The summed E-state index contributed by atoms with van der Waals surface area (Å²) in [5.74, 6) is 0.681. The number of hydrogen-bond acceptors (Lipinski definition) is 5. The van der Waals surface area contributed by atoms with Crippen LogP contribution in [0.4, 0.5) is 0 Å². The molecule has 2 aromatic heterocycles. The van der Waals surface area contributed by atoms with Gasteiger partial charge in [-0.15, -0.1) is 0 Å². The Kier molecular flexibility index (Phi) is 5.36. The van der Waals surface area contributed by atoms with Gasteiger partial charge in [0.2, 0.25) is 0 Å². The van der Waals surface area contributed by atoms with E-state index in [9.17, 15) is 4.79 Å². The minimum atomic E-state index is -0.149. The summed E-state index contributed by atoms with van der Waals surface area (Å²) in [6, 6.07) is 1.53. The highest BCUT2D eigenvalue weighted by Gasteiger charge is 2.12. The van der Waals surface area contributed by atoms with Crippen molar-refractivity contribution in [3.63, 3.8) is 0 Å². The van der Waals surface area contributed by atoms with Gasteiger partial charge < -0.3 is 4.98 Å². The standard InChI is InChI=1S/C14H17ClN4OS/c1-4-6-9-7-11(20)19-14(16-9)21-13-8(3)12(15)17-10(5-2)18-13/h7H,4-6H2,1-3H3,(H,16,19,20). The van der Waals surface area contributed by atoms with Crippen molar-refractivity contribution in [2.45, 2.75) is 50.2 Å². The SMILES string of the molecule is CCCc1cc(=O)[nH]c(Sc2nc(CC)nc(Cl)c2C)n1. The van der Waals surface area contributed by atoms with Crippen molar-refractivity contribution >= 4 is 23.4 Å². The molecule has 21 heavy (non-hydrogen) atoms. The lowest BCUT2D eigenvalue weighted by molar-refractivity contribution is 0.811. The van der Waals surface area contributed by atoms with Gasteiger partial charge in [-0.1, -0.05) is 31.9 Å². The van der Waals surface area contributed by atoms with Gasteiger partial charge in [-0.25, -0.2) is 15.0 Å². The van der Waals surface area contributed by atoms with Gasteiger partial charge in [0.15, 0.2) is 5.16 Å². The lowest BCUT2D eigenvalue weighted by Crippen LogP contribution is -2.10. The Labute approximate surface area is 132 Å². The van der Waals surface area contributed by atoms with E-state index < -0.39 is 0 Å². The summed E-state index contributed by atoms with van der Waals surface area (Å²) in [6.07, 6.45) is 2.42. The molecule has 0 aromatic carbocycles. The van der Waals surface area contributed by atoms with Crippen molar-refractivity contribution < 1.29 is 0 Å². The molecule has 0 amide bonds. The maximum atomic E-state index is 11.7. The molecule has 0 aliphatic carbocycles. The predicted molar refractivity (Wildman–Crippen MR) is 84.1 cm³/mol. The van der Waals surface area contributed by atoms with E-state index in [4.69, 9.17) is 11.6 Å². The van der Waals surface area contributed by atoms with E-state index in [0.29, 0.717) is 22.6 Å². The predicted octanol–water partition coefficient (Wildman–Crippen LogP) is 3.19. The highest BCUT2D eigenvalue weighted by atomic mass is 35.5. The summed E-state index contributed by atoms with van der Waals surface area (Å²) in [4.78, 5) is 27.5. The molecule has 0 saturated heterocycles. The molecule has 0 aliphatic heterocycles. The number of hydrogen-bond donors (Lipinski definition) is 1. The number of nitrogens with one attached hydrogen (secondary N) is 1. The summed E-state index contributed by atoms with van der Waals surface area (Å²) in [6.45, 7) is 5.88. The van der Waals surface area contributed by atoms with E-state index in [2.05, 4.69) is 26.9 Å². The molecular formula is C14H17ClN4OS. The summed E-state index contributed by atoms with van der Waals surface area (Å²) in [7, 11) is 0. The third-order valence-electron chi connectivity index (χ3n) is 2.88. The smallest absolute Gasteiger partial charge is 0.251 e. The fraction of sp³-hybridized carbons (Fsp3) is 0.429. The monoisotopic (exact) mass is 324 g/mol. The maximum absolute atomic E-state index is 11.7. The second kappa shape index (κ2) is 7.04. The molecule has 2 aromatic rings. The van der Waals surface area contributed by atoms with Crippen LogP contribution in [0.2, 0.25) is 5.15 Å². The second-order valence-corrected chi connectivity index (χ2v) is 5.94. The molecule has 112 valence electrons. The van der Waals surface area contributed by atoms with E-state index in [1.165, 1.54) is 17.8 Å². The highest BCUT2D eigenvalue weighted by Crippen LogP contribution is 2.28. The maximum Gasteiger partial charge on any atom is 0.251 e. The molecule has 0 spiro atoms. The average molecular weight is 325 g/mol. The van der Waals surface area contributed by atoms with Crippen LogP contribution in [0.25, 0.3) is 0 Å². The highest BCUT2D eigenvalue weighted by molar-refractivity contribution is 7.99. The van der Waals surface area contributed by atoms with Gasteiger partial charge >= 0.3 is 0 Å². The fourth-order valence-electron chi connectivity index (χ4n) is 1.78. The number of halogens is 1. The number of aromatic nitrogens is 4. The van der Waals surface area contributed by atoms with Gasteiger partial charge in [-0.3, -0.25) is 4.79 Å². The van der Waals surface area contributed by atoms with E-state index in [1.54, 1.807) is 0 Å². The Morgan fingerprint density at radius 1 is 1.29 bits per heavy atom. The molecule has 1 N–H and O–H groups in total. The van der Waals surface area contributed by atoms with Crippen LogP contribution in [0.5, 0.6) is 0 Å². The molecular weight excluding hydrogens is 308 g/mol. The van der Waals surface area contributed by atoms with Crippen molar-refractivity contribution in [2.24, 2.45) is 0 Å². The van der Waals surface area contributed by atoms with E-state index in [-0.39, 0.29) is 5.56 Å². The van der Waals surface area contributed by atoms with Gasteiger partial charge in [0.05, 0.1) is 0 Å². The van der Waals surface area contributed by atoms with Crippen molar-refractivity contribution in [3.8, 4) is 0 Å². The van der Waals surface area contributed by atoms with Crippen LogP contribution in [0.3, 0.4) is 0 Å². The normalized spacial score (nSPS) is 10.9. The van der Waals surface area contributed by atoms with Crippen LogP contribution in [0.15, 0.2) is 21.0 Å². The summed E-state index contributed by atoms with van der Waals surface area (Å²) >= 11 is 7.43. The summed E-state index contributed by atoms with van der Waals surface area (Å²) in [5, 5.41) is 1.70. The van der Waals surface area contributed by atoms with Crippen LogP contribution in [-0.4, -0.2) is 19.9 Å². The molecule has 0 bridgehead atoms. The van der Waals surface area contributed by atoms with E-state index in [1.807, 2.05) is 13.8 Å². The molecule has 0 aliphatic rings. The first-order valence-electron chi connectivity index (χ1n) is 6.84. The zero-order valence-corrected chi connectivity index (χ0v) is 13.8. The van der Waals surface area contributed by atoms with Crippen molar-refractivity contribution in [1.82, 2.24) is 19.9 Å². The topological polar surface area (TPSA) is 71.5 Å². The summed E-state index contributed by atoms with van der Waals surface area (Å²) in [5.41, 5.74) is 1.43. The molecule has 2 rings (SSSR count). The molecule has 7 heteroatoms. The Bertz CT molecular complexity index is 702. The number of aromatic amines is 1. The van der Waals surface area contributed by atoms with E-state index >= 15 is 0 Å². The molecule has 0 saturated carbocycles. The second-order valence-electron chi connectivity index (χ2n) is 4.61. The Morgan fingerprint density at radius 3 is 2.71 bits per heavy atom. The quantitative estimate of drug-likeness (QED) is 0.675. The van der Waals surface area contributed by atoms with Crippen LogP contribution < -0.4 is 5.56 Å². The molecule has 0 radical (unpaired) electrons. The number of aryl methyl sites for hydroxylation is 2. The number of nitrogens with zero attached hydrogens (tertiary/aromatic N) is 3. The lowest BCUT2D eigenvalue weighted by Gasteiger charge is -2.08. The van der Waals surface area contributed by atoms with Gasteiger partial charge in [0.1, 0.15) is 16.0 Å². The number of H-pyrrole nitrogens is 1. The van der Waals surface area contributed by atoms with Crippen LogP contribution in [-0.2, 0) is 12.8 Å². The fourth-order valence-corrected chi connectivity index (χ4v) is 2.92. The van der Waals surface area contributed by atoms with Crippen LogP contribution >= 0.6 is 23.4 Å². The van der Waals surface area contributed by atoms with Crippen molar-refractivity contribution in [3.05, 3.63) is 38.7 Å². The van der Waals surface area contributed by atoms with Gasteiger partial charge in [-0.2, -0.15) is 0 Å². The first-order chi connectivity index (χ1) is 10.0. The Morgan fingerprint density at radius 2 is 2.05 bits per heavy atom. The third kappa shape index (κ3) is 4.04. The Balaban J connectivity index is 2.38. The Hall–Kier alpha value is -1.40.